The van der Waals surface area contributed by atoms with Crippen LogP contribution in [0.25, 0.3) is 0 Å². The van der Waals surface area contributed by atoms with E-state index in [0.717, 1.165) is 37.7 Å². The molecule has 1 unspecified atom stereocenters. The zero-order valence-corrected chi connectivity index (χ0v) is 19.1. The fourth-order valence-corrected chi connectivity index (χ4v) is 4.48. The third-order valence-electron chi connectivity index (χ3n) is 6.29. The first kappa shape index (κ1) is 22.9. The third-order valence-corrected chi connectivity index (χ3v) is 6.29. The number of carbonyl (C=O) groups excluding carboxylic acids is 2. The highest BCUT2D eigenvalue weighted by Gasteiger charge is 2.21. The second-order valence-electron chi connectivity index (χ2n) is 8.76. The number of ketones is 2. The van der Waals surface area contributed by atoms with Crippen LogP contribution in [0, 0.1) is 12.8 Å². The molecule has 0 saturated carbocycles. The molecule has 2 nitrogen and oxygen atoms in total. The predicted octanol–water partition coefficient (Wildman–Crippen LogP) is 7.00. The van der Waals surface area contributed by atoms with E-state index in [1.807, 2.05) is 18.2 Å². The monoisotopic (exact) mass is 414 g/mol. The number of hydrogen-bond donors (Lipinski definition) is 0. The van der Waals surface area contributed by atoms with Crippen LogP contribution in [0.15, 0.2) is 71.8 Å². The van der Waals surface area contributed by atoms with Crippen LogP contribution in [0.2, 0.25) is 0 Å². The number of allylic oxidation sites excluding steroid dienone is 4. The third kappa shape index (κ3) is 6.62. The van der Waals surface area contributed by atoms with Crippen LogP contribution in [0.3, 0.4) is 0 Å². The zero-order chi connectivity index (χ0) is 22.2. The summed E-state index contributed by atoms with van der Waals surface area (Å²) in [5.41, 5.74) is 7.24. The molecule has 3 rings (SSSR count). The van der Waals surface area contributed by atoms with Crippen molar-refractivity contribution in [2.45, 2.75) is 65.7 Å². The van der Waals surface area contributed by atoms with Gasteiger partial charge in [0, 0.05) is 24.3 Å². The molecule has 0 radical (unpaired) electrons. The molecule has 0 saturated heterocycles. The quantitative estimate of drug-likeness (QED) is 0.371. The van der Waals surface area contributed by atoms with Gasteiger partial charge < -0.3 is 0 Å². The smallest absolute Gasteiger partial charge is 0.159 e. The summed E-state index contributed by atoms with van der Waals surface area (Å²) in [6.45, 7) is 5.93. The summed E-state index contributed by atoms with van der Waals surface area (Å²) in [4.78, 5) is 24.1. The lowest BCUT2D eigenvalue weighted by Gasteiger charge is -2.18. The summed E-state index contributed by atoms with van der Waals surface area (Å²) in [5, 5.41) is 0. The van der Waals surface area contributed by atoms with E-state index in [2.05, 4.69) is 50.3 Å². The van der Waals surface area contributed by atoms with Crippen molar-refractivity contribution in [3.8, 4) is 0 Å². The molecule has 1 aliphatic carbocycles. The van der Waals surface area contributed by atoms with E-state index in [1.165, 1.54) is 22.3 Å². The van der Waals surface area contributed by atoms with Crippen molar-refractivity contribution in [1.82, 2.24) is 0 Å². The summed E-state index contributed by atoms with van der Waals surface area (Å²) in [6.07, 6.45) is 10.8. The second-order valence-corrected chi connectivity index (χ2v) is 8.76. The molecular formula is C29H34O2. The molecule has 1 atom stereocenters. The first-order chi connectivity index (χ1) is 15.0. The van der Waals surface area contributed by atoms with Crippen molar-refractivity contribution in [3.05, 3.63) is 94.1 Å². The number of rotatable bonds is 11. The SMILES string of the molecule is CCC1C(CCCc2ccc(C)cc2)=CC=C1CCC(=O)Cc1cccc(C(C)=O)c1. The van der Waals surface area contributed by atoms with Crippen LogP contribution in [-0.2, 0) is 17.6 Å². The maximum atomic E-state index is 12.6. The molecule has 0 amide bonds. The van der Waals surface area contributed by atoms with Gasteiger partial charge >= 0.3 is 0 Å². The summed E-state index contributed by atoms with van der Waals surface area (Å²) in [7, 11) is 0. The molecule has 0 aliphatic heterocycles. The molecule has 2 aromatic carbocycles. The van der Waals surface area contributed by atoms with E-state index in [9.17, 15) is 9.59 Å². The molecule has 0 spiro atoms. The first-order valence-electron chi connectivity index (χ1n) is 11.5. The van der Waals surface area contributed by atoms with E-state index in [0.29, 0.717) is 24.3 Å². The number of hydrogen-bond acceptors (Lipinski definition) is 2. The second kappa shape index (κ2) is 11.0. The van der Waals surface area contributed by atoms with Crippen molar-refractivity contribution in [2.24, 2.45) is 5.92 Å². The molecule has 0 aromatic heterocycles. The van der Waals surface area contributed by atoms with E-state index in [1.54, 1.807) is 13.0 Å². The molecule has 1 aliphatic rings. The highest BCUT2D eigenvalue weighted by molar-refractivity contribution is 5.94. The number of Topliss-reactive ketones (excluding diaryl/α,β-unsaturated/α-hetero) is 2. The van der Waals surface area contributed by atoms with Crippen LogP contribution in [0.4, 0.5) is 0 Å². The van der Waals surface area contributed by atoms with Gasteiger partial charge in [0.1, 0.15) is 5.78 Å². The molecule has 162 valence electrons. The van der Waals surface area contributed by atoms with Crippen LogP contribution in [-0.4, -0.2) is 11.6 Å². The Balaban J connectivity index is 1.45. The minimum Gasteiger partial charge on any atom is -0.299 e. The van der Waals surface area contributed by atoms with Gasteiger partial charge in [-0.05, 0) is 63.1 Å². The van der Waals surface area contributed by atoms with Gasteiger partial charge in [-0.3, -0.25) is 9.59 Å². The minimum absolute atomic E-state index is 0.0391. The molecule has 2 aromatic rings. The van der Waals surface area contributed by atoms with E-state index >= 15 is 0 Å². The highest BCUT2D eigenvalue weighted by atomic mass is 16.1. The topological polar surface area (TPSA) is 34.1 Å². The van der Waals surface area contributed by atoms with E-state index in [-0.39, 0.29) is 11.6 Å². The van der Waals surface area contributed by atoms with Crippen LogP contribution < -0.4 is 0 Å². The van der Waals surface area contributed by atoms with Gasteiger partial charge in [-0.15, -0.1) is 0 Å². The fourth-order valence-electron chi connectivity index (χ4n) is 4.48. The number of aryl methyl sites for hydroxylation is 2. The van der Waals surface area contributed by atoms with Crippen molar-refractivity contribution < 1.29 is 9.59 Å². The maximum absolute atomic E-state index is 12.6. The molecule has 0 N–H and O–H groups in total. The van der Waals surface area contributed by atoms with Crippen molar-refractivity contribution in [3.63, 3.8) is 0 Å². The Morgan fingerprint density at radius 1 is 0.871 bits per heavy atom. The predicted molar refractivity (Wildman–Crippen MR) is 128 cm³/mol. The summed E-state index contributed by atoms with van der Waals surface area (Å²) >= 11 is 0. The molecule has 0 bridgehead atoms. The largest absolute Gasteiger partial charge is 0.299 e. The fraction of sp³-hybridized carbons (Fsp3) is 0.379. The van der Waals surface area contributed by atoms with E-state index < -0.39 is 0 Å². The lowest BCUT2D eigenvalue weighted by Crippen LogP contribution is -2.08. The van der Waals surface area contributed by atoms with Crippen molar-refractivity contribution in [1.29, 1.82) is 0 Å². The Labute approximate surface area is 187 Å². The lowest BCUT2D eigenvalue weighted by atomic mass is 9.87. The molecule has 31 heavy (non-hydrogen) atoms. The van der Waals surface area contributed by atoms with Gasteiger partial charge in [0.2, 0.25) is 0 Å². The van der Waals surface area contributed by atoms with Gasteiger partial charge in [-0.1, -0.05) is 78.3 Å². The number of benzene rings is 2. The Hall–Kier alpha value is -2.74. The lowest BCUT2D eigenvalue weighted by molar-refractivity contribution is -0.118. The Morgan fingerprint density at radius 2 is 1.58 bits per heavy atom. The summed E-state index contributed by atoms with van der Waals surface area (Å²) < 4.78 is 0. The molecule has 0 fully saturated rings. The van der Waals surface area contributed by atoms with E-state index in [4.69, 9.17) is 0 Å². The van der Waals surface area contributed by atoms with Gasteiger partial charge in [-0.25, -0.2) is 0 Å². The standard InChI is InChI=1S/C29H34O2/c1-4-29-25(9-5-7-23-13-11-21(2)12-14-23)15-16-26(29)17-18-28(31)20-24-8-6-10-27(19-24)22(3)30/h6,8,10-16,19,29H,4-5,7,9,17-18,20H2,1-3H3. The Kier molecular flexibility index (Phi) is 8.17. The molecule has 2 heteroatoms. The number of carbonyl (C=O) groups is 2. The Morgan fingerprint density at radius 3 is 2.26 bits per heavy atom. The minimum atomic E-state index is 0.0391. The Bertz CT molecular complexity index is 976. The summed E-state index contributed by atoms with van der Waals surface area (Å²) in [6, 6.07) is 16.3. The van der Waals surface area contributed by atoms with Gasteiger partial charge in [0.15, 0.2) is 5.78 Å². The van der Waals surface area contributed by atoms with Crippen LogP contribution >= 0.6 is 0 Å². The van der Waals surface area contributed by atoms with Gasteiger partial charge in [0.25, 0.3) is 0 Å². The normalized spacial score (nSPS) is 15.5. The van der Waals surface area contributed by atoms with Crippen LogP contribution in [0.5, 0.6) is 0 Å². The van der Waals surface area contributed by atoms with Gasteiger partial charge in [0.05, 0.1) is 0 Å². The zero-order valence-electron chi connectivity index (χ0n) is 19.1. The average molecular weight is 415 g/mol. The molecular weight excluding hydrogens is 380 g/mol. The van der Waals surface area contributed by atoms with Crippen molar-refractivity contribution in [2.75, 3.05) is 0 Å². The van der Waals surface area contributed by atoms with Crippen molar-refractivity contribution >= 4 is 11.6 Å². The first-order valence-corrected chi connectivity index (χ1v) is 11.5. The summed E-state index contributed by atoms with van der Waals surface area (Å²) in [5.74, 6) is 0.772. The van der Waals surface area contributed by atoms with Crippen LogP contribution in [0.1, 0.15) is 73.0 Å². The highest BCUT2D eigenvalue weighted by Crippen LogP contribution is 2.35. The average Bonchev–Trinajstić information content (AvgIpc) is 3.15. The molecule has 0 heterocycles. The maximum Gasteiger partial charge on any atom is 0.159 e. The van der Waals surface area contributed by atoms with Gasteiger partial charge in [-0.2, -0.15) is 0 Å².